The predicted molar refractivity (Wildman–Crippen MR) is 100.0 cm³/mol. The fourth-order valence-electron chi connectivity index (χ4n) is 3.18. The number of carbonyl (C=O) groups is 2. The molecule has 1 aliphatic carbocycles. The Labute approximate surface area is 175 Å². The number of hydrogen-bond donors (Lipinski definition) is 1. The van der Waals surface area contributed by atoms with Crippen LogP contribution in [0.5, 0.6) is 0 Å². The smallest absolute Gasteiger partial charge is 0.475 e. The van der Waals surface area contributed by atoms with Gasteiger partial charge in [-0.3, -0.25) is 9.48 Å². The molecule has 2 aliphatic rings. The number of aromatic nitrogens is 4. The van der Waals surface area contributed by atoms with Crippen LogP contribution in [-0.2, 0) is 23.1 Å². The molecule has 0 aromatic carbocycles. The van der Waals surface area contributed by atoms with Gasteiger partial charge in [-0.2, -0.15) is 28.5 Å². The lowest BCUT2D eigenvalue weighted by Crippen LogP contribution is -2.40. The van der Waals surface area contributed by atoms with E-state index in [1.807, 2.05) is 22.8 Å². The second-order valence-electron chi connectivity index (χ2n) is 7.47. The Hall–Kier alpha value is -3.02. The summed E-state index contributed by atoms with van der Waals surface area (Å²) >= 11 is 0. The molecule has 0 spiro atoms. The molecule has 0 saturated heterocycles. The molecule has 31 heavy (non-hydrogen) atoms. The zero-order valence-corrected chi connectivity index (χ0v) is 16.7. The van der Waals surface area contributed by atoms with Crippen LogP contribution in [0, 0.1) is 5.92 Å². The van der Waals surface area contributed by atoms with Crippen LogP contribution >= 0.6 is 0 Å². The summed E-state index contributed by atoms with van der Waals surface area (Å²) < 4.78 is 39.5. The molecule has 0 bridgehead atoms. The van der Waals surface area contributed by atoms with E-state index in [-0.39, 0.29) is 11.8 Å². The zero-order valence-electron chi connectivity index (χ0n) is 16.7. The van der Waals surface area contributed by atoms with Crippen LogP contribution in [0.2, 0.25) is 0 Å². The SMILES string of the molecule is Cn1ncc2c1CN(C(=O)c1ccnnc1)CC2COCC1CC1.O=C(O)C(F)(F)F. The Kier molecular flexibility index (Phi) is 6.88. The highest BCUT2D eigenvalue weighted by molar-refractivity contribution is 5.94. The molecule has 9 nitrogen and oxygen atoms in total. The van der Waals surface area contributed by atoms with E-state index in [2.05, 4.69) is 15.3 Å². The largest absolute Gasteiger partial charge is 0.490 e. The number of hydrogen-bond acceptors (Lipinski definition) is 6. The van der Waals surface area contributed by atoms with Gasteiger partial charge in [0.2, 0.25) is 0 Å². The minimum absolute atomic E-state index is 0.0241. The molecule has 12 heteroatoms. The fraction of sp³-hybridized carbons (Fsp3) is 0.526. The molecule has 168 valence electrons. The predicted octanol–water partition coefficient (Wildman–Crippen LogP) is 2.01. The third kappa shape index (κ3) is 6.00. The van der Waals surface area contributed by atoms with Gasteiger partial charge in [0.15, 0.2) is 0 Å². The molecule has 1 amide bonds. The number of halogens is 3. The number of carboxylic acids is 1. The quantitative estimate of drug-likeness (QED) is 0.756. The first-order valence-electron chi connectivity index (χ1n) is 9.61. The van der Waals surface area contributed by atoms with Gasteiger partial charge >= 0.3 is 12.1 Å². The number of amides is 1. The lowest BCUT2D eigenvalue weighted by Gasteiger charge is -2.33. The molecule has 3 heterocycles. The van der Waals surface area contributed by atoms with Gasteiger partial charge in [-0.15, -0.1) is 0 Å². The maximum absolute atomic E-state index is 12.8. The minimum Gasteiger partial charge on any atom is -0.475 e. The zero-order chi connectivity index (χ0) is 22.6. The molecule has 1 fully saturated rings. The van der Waals surface area contributed by atoms with E-state index in [9.17, 15) is 18.0 Å². The van der Waals surface area contributed by atoms with Crippen molar-refractivity contribution in [1.29, 1.82) is 0 Å². The lowest BCUT2D eigenvalue weighted by atomic mass is 9.95. The van der Waals surface area contributed by atoms with Gasteiger partial charge in [-0.25, -0.2) is 4.79 Å². The molecule has 1 saturated carbocycles. The highest BCUT2D eigenvalue weighted by atomic mass is 19.4. The Morgan fingerprint density at radius 3 is 2.52 bits per heavy atom. The molecule has 2 aromatic rings. The molecule has 1 unspecified atom stereocenters. The van der Waals surface area contributed by atoms with Crippen molar-refractivity contribution in [2.24, 2.45) is 13.0 Å². The van der Waals surface area contributed by atoms with Gasteiger partial charge in [0.25, 0.3) is 5.91 Å². The summed E-state index contributed by atoms with van der Waals surface area (Å²) in [5.74, 6) is -1.88. The monoisotopic (exact) mass is 441 g/mol. The van der Waals surface area contributed by atoms with Crippen molar-refractivity contribution in [1.82, 2.24) is 24.9 Å². The van der Waals surface area contributed by atoms with Crippen LogP contribution < -0.4 is 0 Å². The fourth-order valence-corrected chi connectivity index (χ4v) is 3.18. The van der Waals surface area contributed by atoms with E-state index >= 15 is 0 Å². The summed E-state index contributed by atoms with van der Waals surface area (Å²) in [6.45, 7) is 2.67. The third-order valence-corrected chi connectivity index (χ3v) is 5.05. The Morgan fingerprint density at radius 2 is 1.94 bits per heavy atom. The van der Waals surface area contributed by atoms with E-state index < -0.39 is 12.1 Å². The molecule has 1 N–H and O–H groups in total. The molecule has 2 aromatic heterocycles. The van der Waals surface area contributed by atoms with Gasteiger partial charge in [0.05, 0.1) is 43.0 Å². The number of aryl methyl sites for hydroxylation is 1. The number of carboxylic acid groups (broad SMARTS) is 1. The van der Waals surface area contributed by atoms with Crippen LogP contribution in [0.15, 0.2) is 24.7 Å². The standard InChI is InChI=1S/C17H21N5O2.C2HF3O2/c1-21-16-9-22(17(23)13-4-5-18-19-6-13)8-14(15(16)7-20-21)11-24-10-12-2-3-12;3-2(4,5)1(6)7/h4-7,12,14H,2-3,8-11H2,1H3;(H,6,7). The Bertz CT molecular complexity index is 915. The number of ether oxygens (including phenoxy) is 1. The average molecular weight is 441 g/mol. The Morgan fingerprint density at radius 1 is 1.23 bits per heavy atom. The van der Waals surface area contributed by atoms with E-state index in [4.69, 9.17) is 14.6 Å². The summed E-state index contributed by atoms with van der Waals surface area (Å²) in [5, 5.41) is 19.0. The van der Waals surface area contributed by atoms with Gasteiger partial charge in [0.1, 0.15) is 0 Å². The van der Waals surface area contributed by atoms with E-state index in [0.717, 1.165) is 18.2 Å². The number of carbonyl (C=O) groups excluding carboxylic acids is 1. The Balaban J connectivity index is 0.000000339. The van der Waals surface area contributed by atoms with Crippen molar-refractivity contribution in [2.45, 2.75) is 31.5 Å². The topological polar surface area (TPSA) is 110 Å². The van der Waals surface area contributed by atoms with Crippen molar-refractivity contribution in [3.8, 4) is 0 Å². The summed E-state index contributed by atoms with van der Waals surface area (Å²) in [7, 11) is 1.92. The van der Waals surface area contributed by atoms with E-state index in [0.29, 0.717) is 25.3 Å². The molecule has 1 aliphatic heterocycles. The van der Waals surface area contributed by atoms with Crippen LogP contribution in [0.25, 0.3) is 0 Å². The van der Waals surface area contributed by atoms with E-state index in [1.165, 1.54) is 24.6 Å². The van der Waals surface area contributed by atoms with Crippen LogP contribution in [0.1, 0.15) is 40.4 Å². The normalized spacial score (nSPS) is 18.1. The van der Waals surface area contributed by atoms with Gasteiger partial charge in [0, 0.05) is 31.7 Å². The molecular formula is C19H22F3N5O4. The van der Waals surface area contributed by atoms with E-state index in [1.54, 1.807) is 12.3 Å². The molecule has 4 rings (SSSR count). The number of rotatable bonds is 5. The van der Waals surface area contributed by atoms with Crippen molar-refractivity contribution in [2.75, 3.05) is 19.8 Å². The maximum Gasteiger partial charge on any atom is 0.490 e. The van der Waals surface area contributed by atoms with Gasteiger partial charge in [-0.1, -0.05) is 0 Å². The molecule has 1 atom stereocenters. The summed E-state index contributed by atoms with van der Waals surface area (Å²) in [4.78, 5) is 23.5. The number of alkyl halides is 3. The number of nitrogens with zero attached hydrogens (tertiary/aromatic N) is 5. The first kappa shape index (κ1) is 22.7. The first-order chi connectivity index (χ1) is 14.7. The van der Waals surface area contributed by atoms with Crippen molar-refractivity contribution >= 4 is 11.9 Å². The molecule has 0 radical (unpaired) electrons. The van der Waals surface area contributed by atoms with Gasteiger partial charge < -0.3 is 14.7 Å². The highest BCUT2D eigenvalue weighted by Crippen LogP contribution is 2.32. The van der Waals surface area contributed by atoms with Crippen LogP contribution in [0.3, 0.4) is 0 Å². The summed E-state index contributed by atoms with van der Waals surface area (Å²) in [5.41, 5.74) is 2.84. The summed E-state index contributed by atoms with van der Waals surface area (Å²) in [6.07, 6.45) is 2.45. The highest BCUT2D eigenvalue weighted by Gasteiger charge is 2.38. The first-order valence-corrected chi connectivity index (χ1v) is 9.61. The van der Waals surface area contributed by atoms with Crippen LogP contribution in [0.4, 0.5) is 13.2 Å². The van der Waals surface area contributed by atoms with Crippen molar-refractivity contribution < 1.29 is 32.6 Å². The number of aliphatic carboxylic acids is 1. The minimum atomic E-state index is -5.08. The average Bonchev–Trinajstić information content (AvgIpc) is 3.49. The molecular weight excluding hydrogens is 419 g/mol. The second-order valence-corrected chi connectivity index (χ2v) is 7.47. The second kappa shape index (κ2) is 9.41. The third-order valence-electron chi connectivity index (χ3n) is 5.05. The summed E-state index contributed by atoms with van der Waals surface area (Å²) in [6, 6.07) is 1.70. The maximum atomic E-state index is 12.8. The lowest BCUT2D eigenvalue weighted by molar-refractivity contribution is -0.192. The van der Waals surface area contributed by atoms with Crippen LogP contribution in [-0.4, -0.2) is 67.8 Å². The van der Waals surface area contributed by atoms with Gasteiger partial charge in [-0.05, 0) is 24.8 Å². The number of fused-ring (bicyclic) bond motifs is 1. The van der Waals surface area contributed by atoms with Crippen molar-refractivity contribution in [3.63, 3.8) is 0 Å². The van der Waals surface area contributed by atoms with Crippen molar-refractivity contribution in [3.05, 3.63) is 41.5 Å².